The van der Waals surface area contributed by atoms with Gasteiger partial charge in [0.25, 0.3) is 0 Å². The Morgan fingerprint density at radius 1 is 1.40 bits per heavy atom. The quantitative estimate of drug-likeness (QED) is 0.728. The third kappa shape index (κ3) is 2.69. The van der Waals surface area contributed by atoms with Crippen LogP contribution in [0.5, 0.6) is 0 Å². The van der Waals surface area contributed by atoms with Crippen LogP contribution in [0.2, 0.25) is 0 Å². The largest absolute Gasteiger partial charge is 0.381 e. The minimum absolute atomic E-state index is 0.299. The number of ether oxygens (including phenoxy) is 1. The van der Waals surface area contributed by atoms with Gasteiger partial charge >= 0.3 is 0 Å². The fraction of sp³-hybridized carbons (Fsp3) is 0.909. The van der Waals surface area contributed by atoms with Gasteiger partial charge in [-0.15, -0.1) is 0 Å². The highest BCUT2D eigenvalue weighted by Gasteiger charge is 2.26. The van der Waals surface area contributed by atoms with Crippen LogP contribution in [0.1, 0.15) is 19.3 Å². The van der Waals surface area contributed by atoms with Crippen LogP contribution in [0.25, 0.3) is 0 Å². The van der Waals surface area contributed by atoms with Gasteiger partial charge in [0.05, 0.1) is 0 Å². The highest BCUT2D eigenvalue weighted by molar-refractivity contribution is 5.76. The SMILES string of the molecule is CN(C(=O)CC1CNC1)C1CCOCC1. The number of amides is 1. The van der Waals surface area contributed by atoms with Crippen molar-refractivity contribution in [3.05, 3.63) is 0 Å². The molecule has 2 fully saturated rings. The Bertz CT molecular complexity index is 223. The van der Waals surface area contributed by atoms with Gasteiger partial charge in [0.15, 0.2) is 0 Å². The fourth-order valence-electron chi connectivity index (χ4n) is 2.16. The van der Waals surface area contributed by atoms with Crippen LogP contribution in [0.3, 0.4) is 0 Å². The first-order chi connectivity index (χ1) is 7.27. The van der Waals surface area contributed by atoms with Crippen LogP contribution in [0.4, 0.5) is 0 Å². The molecule has 0 aromatic rings. The molecular weight excluding hydrogens is 192 g/mol. The van der Waals surface area contributed by atoms with Gasteiger partial charge in [-0.1, -0.05) is 0 Å². The molecule has 0 saturated carbocycles. The molecule has 0 aliphatic carbocycles. The van der Waals surface area contributed by atoms with E-state index in [2.05, 4.69) is 5.32 Å². The third-order valence-corrected chi connectivity index (χ3v) is 3.46. The van der Waals surface area contributed by atoms with E-state index in [-0.39, 0.29) is 0 Å². The lowest BCUT2D eigenvalue weighted by Crippen LogP contribution is -2.47. The molecule has 0 spiro atoms. The summed E-state index contributed by atoms with van der Waals surface area (Å²) in [5, 5.41) is 3.19. The Labute approximate surface area is 91.0 Å². The van der Waals surface area contributed by atoms with Crippen molar-refractivity contribution in [3.8, 4) is 0 Å². The number of nitrogens with zero attached hydrogens (tertiary/aromatic N) is 1. The topological polar surface area (TPSA) is 41.6 Å². The van der Waals surface area contributed by atoms with E-state index in [1.807, 2.05) is 11.9 Å². The molecule has 0 radical (unpaired) electrons. The van der Waals surface area contributed by atoms with E-state index in [1.165, 1.54) is 0 Å². The van der Waals surface area contributed by atoms with Crippen LogP contribution >= 0.6 is 0 Å². The maximum absolute atomic E-state index is 11.9. The van der Waals surface area contributed by atoms with Gasteiger partial charge in [-0.3, -0.25) is 4.79 Å². The van der Waals surface area contributed by atoms with Crippen molar-refractivity contribution in [1.29, 1.82) is 0 Å². The molecule has 1 amide bonds. The molecule has 0 aromatic heterocycles. The summed E-state index contributed by atoms with van der Waals surface area (Å²) in [6.07, 6.45) is 2.69. The van der Waals surface area contributed by atoms with Crippen molar-refractivity contribution in [1.82, 2.24) is 10.2 Å². The Morgan fingerprint density at radius 3 is 2.60 bits per heavy atom. The van der Waals surface area contributed by atoms with Gasteiger partial charge in [-0.25, -0.2) is 0 Å². The van der Waals surface area contributed by atoms with Crippen LogP contribution in [-0.4, -0.2) is 50.2 Å². The lowest BCUT2D eigenvalue weighted by atomic mass is 9.98. The Morgan fingerprint density at radius 2 is 2.07 bits per heavy atom. The molecule has 0 atom stereocenters. The number of nitrogens with one attached hydrogen (secondary N) is 1. The molecule has 15 heavy (non-hydrogen) atoms. The maximum atomic E-state index is 11.9. The molecule has 2 aliphatic rings. The summed E-state index contributed by atoms with van der Waals surface area (Å²) in [5.41, 5.74) is 0. The summed E-state index contributed by atoms with van der Waals surface area (Å²) in [4.78, 5) is 13.8. The summed E-state index contributed by atoms with van der Waals surface area (Å²) in [7, 11) is 1.93. The lowest BCUT2D eigenvalue weighted by molar-refractivity contribution is -0.135. The van der Waals surface area contributed by atoms with E-state index < -0.39 is 0 Å². The molecule has 4 heteroatoms. The van der Waals surface area contributed by atoms with Gasteiger partial charge in [-0.05, 0) is 31.8 Å². The summed E-state index contributed by atoms with van der Waals surface area (Å²) in [5.74, 6) is 0.869. The molecule has 2 heterocycles. The predicted octanol–water partition coefficient (Wildman–Crippen LogP) is 0.233. The molecule has 4 nitrogen and oxygen atoms in total. The molecular formula is C11H20N2O2. The molecule has 0 bridgehead atoms. The fourth-order valence-corrected chi connectivity index (χ4v) is 2.16. The summed E-state index contributed by atoms with van der Waals surface area (Å²) < 4.78 is 5.30. The zero-order valence-corrected chi connectivity index (χ0v) is 9.37. The van der Waals surface area contributed by atoms with Crippen molar-refractivity contribution < 1.29 is 9.53 Å². The second-order valence-electron chi connectivity index (χ2n) is 4.58. The molecule has 2 rings (SSSR count). The highest BCUT2D eigenvalue weighted by atomic mass is 16.5. The van der Waals surface area contributed by atoms with Gasteiger partial charge < -0.3 is 15.0 Å². The molecule has 0 aromatic carbocycles. The smallest absolute Gasteiger partial charge is 0.222 e. The van der Waals surface area contributed by atoms with Gasteiger partial charge in [0.1, 0.15) is 0 Å². The molecule has 2 aliphatic heterocycles. The zero-order chi connectivity index (χ0) is 10.7. The highest BCUT2D eigenvalue weighted by Crippen LogP contribution is 2.16. The average molecular weight is 212 g/mol. The molecule has 0 unspecified atom stereocenters. The normalized spacial score (nSPS) is 23.5. The first-order valence-electron chi connectivity index (χ1n) is 5.81. The van der Waals surface area contributed by atoms with Crippen LogP contribution in [0.15, 0.2) is 0 Å². The van der Waals surface area contributed by atoms with E-state index in [4.69, 9.17) is 4.74 Å². The standard InChI is InChI=1S/C11H20N2O2/c1-13(10-2-4-15-5-3-10)11(14)6-9-7-12-8-9/h9-10,12H,2-8H2,1H3. The number of carbonyl (C=O) groups excluding carboxylic acids is 1. The third-order valence-electron chi connectivity index (χ3n) is 3.46. The summed E-state index contributed by atoms with van der Waals surface area (Å²) in [6, 6.07) is 0.402. The zero-order valence-electron chi connectivity index (χ0n) is 9.37. The predicted molar refractivity (Wildman–Crippen MR) is 57.6 cm³/mol. The number of carbonyl (C=O) groups is 1. The van der Waals surface area contributed by atoms with Gasteiger partial charge in [0, 0.05) is 32.7 Å². The van der Waals surface area contributed by atoms with Crippen molar-refractivity contribution in [2.45, 2.75) is 25.3 Å². The minimum Gasteiger partial charge on any atom is -0.381 e. The first kappa shape index (κ1) is 10.9. The monoisotopic (exact) mass is 212 g/mol. The van der Waals surface area contributed by atoms with E-state index in [1.54, 1.807) is 0 Å². The molecule has 1 N–H and O–H groups in total. The maximum Gasteiger partial charge on any atom is 0.222 e. The second kappa shape index (κ2) is 4.94. The Kier molecular flexibility index (Phi) is 3.59. The number of hydrogen-bond acceptors (Lipinski definition) is 3. The second-order valence-corrected chi connectivity index (χ2v) is 4.58. The van der Waals surface area contributed by atoms with Crippen molar-refractivity contribution >= 4 is 5.91 Å². The Hall–Kier alpha value is -0.610. The van der Waals surface area contributed by atoms with E-state index in [9.17, 15) is 4.79 Å². The summed E-state index contributed by atoms with van der Waals surface area (Å²) in [6.45, 7) is 3.61. The Balaban J connectivity index is 1.77. The molecule has 2 saturated heterocycles. The lowest BCUT2D eigenvalue weighted by Gasteiger charge is -2.34. The van der Waals surface area contributed by atoms with Crippen molar-refractivity contribution in [3.63, 3.8) is 0 Å². The van der Waals surface area contributed by atoms with Gasteiger partial charge in [-0.2, -0.15) is 0 Å². The summed E-state index contributed by atoms with van der Waals surface area (Å²) >= 11 is 0. The van der Waals surface area contributed by atoms with Crippen molar-refractivity contribution in [2.24, 2.45) is 5.92 Å². The van der Waals surface area contributed by atoms with E-state index in [0.717, 1.165) is 39.1 Å². The average Bonchev–Trinajstić information content (AvgIpc) is 2.23. The first-order valence-corrected chi connectivity index (χ1v) is 5.81. The van der Waals surface area contributed by atoms with Crippen LogP contribution in [-0.2, 0) is 9.53 Å². The van der Waals surface area contributed by atoms with E-state index in [0.29, 0.717) is 24.3 Å². The van der Waals surface area contributed by atoms with Crippen LogP contribution in [0, 0.1) is 5.92 Å². The minimum atomic E-state index is 0.299. The molecule has 86 valence electrons. The number of hydrogen-bond donors (Lipinski definition) is 1. The van der Waals surface area contributed by atoms with E-state index >= 15 is 0 Å². The van der Waals surface area contributed by atoms with Gasteiger partial charge in [0.2, 0.25) is 5.91 Å². The van der Waals surface area contributed by atoms with Crippen molar-refractivity contribution in [2.75, 3.05) is 33.4 Å². The van der Waals surface area contributed by atoms with Crippen LogP contribution < -0.4 is 5.32 Å². The number of rotatable bonds is 3.